The summed E-state index contributed by atoms with van der Waals surface area (Å²) in [6, 6.07) is 2.95. The molecule has 0 aliphatic carbocycles. The van der Waals surface area contributed by atoms with Gasteiger partial charge in [0.15, 0.2) is 6.61 Å². The molecule has 0 aliphatic heterocycles. The number of hydrogen-bond acceptors (Lipinski definition) is 3. The zero-order valence-electron chi connectivity index (χ0n) is 10.0. The summed E-state index contributed by atoms with van der Waals surface area (Å²) in [7, 11) is 0. The van der Waals surface area contributed by atoms with E-state index >= 15 is 0 Å². The number of nitrogens with zero attached hydrogens (tertiary/aromatic N) is 1. The Morgan fingerprint density at radius 2 is 2.21 bits per heavy atom. The minimum absolute atomic E-state index is 0.0868. The zero-order valence-corrected chi connectivity index (χ0v) is 10.0. The molecule has 104 valence electrons. The lowest BCUT2D eigenvalue weighted by atomic mass is 10.2. The number of hydrogen-bond donors (Lipinski definition) is 1. The molecule has 1 N–H and O–H groups in total. The molecule has 1 aromatic rings. The van der Waals surface area contributed by atoms with Crippen molar-refractivity contribution in [2.45, 2.75) is 12.6 Å². The van der Waals surface area contributed by atoms with E-state index in [1.807, 2.05) is 0 Å². The fraction of sp³-hybridized carbons (Fsp3) is 0.333. The molecule has 0 atom stereocenters. The number of carbonyl (C=O) groups excluding carboxylic acids is 1. The number of carbonyl (C=O) groups is 1. The van der Waals surface area contributed by atoms with Gasteiger partial charge in [-0.25, -0.2) is 4.98 Å². The molecule has 0 bridgehead atoms. The third-order valence-corrected chi connectivity index (χ3v) is 2.08. The topological polar surface area (TPSA) is 51.2 Å². The molecule has 0 saturated heterocycles. The van der Waals surface area contributed by atoms with Gasteiger partial charge < -0.3 is 10.1 Å². The van der Waals surface area contributed by atoms with Crippen LogP contribution in [0.4, 0.5) is 13.2 Å². The minimum Gasteiger partial charge on any atom is -0.468 e. The summed E-state index contributed by atoms with van der Waals surface area (Å²) in [5.74, 6) is -0.366. The molecule has 0 aromatic carbocycles. The molecule has 0 saturated carbocycles. The molecule has 0 unspecified atom stereocenters. The Bertz CT molecular complexity index is 430. The van der Waals surface area contributed by atoms with Crippen LogP contribution in [0.3, 0.4) is 0 Å². The number of ether oxygens (including phenoxy) is 1. The van der Waals surface area contributed by atoms with Gasteiger partial charge in [-0.15, -0.1) is 0 Å². The highest BCUT2D eigenvalue weighted by molar-refractivity contribution is 5.86. The highest BCUT2D eigenvalue weighted by atomic mass is 19.4. The molecule has 0 fully saturated rings. The van der Waals surface area contributed by atoms with E-state index in [1.54, 1.807) is 6.07 Å². The molecule has 7 heteroatoms. The summed E-state index contributed by atoms with van der Waals surface area (Å²) in [6.07, 6.45) is -1.29. The number of halogens is 3. The monoisotopic (exact) mass is 274 g/mol. The first kappa shape index (κ1) is 15.0. The number of nitrogens with one attached hydrogen (secondary N) is 1. The summed E-state index contributed by atoms with van der Waals surface area (Å²) in [6.45, 7) is 2.34. The molecule has 19 heavy (non-hydrogen) atoms. The van der Waals surface area contributed by atoms with Gasteiger partial charge in [0.2, 0.25) is 11.8 Å². The van der Waals surface area contributed by atoms with Crippen molar-refractivity contribution in [3.05, 3.63) is 36.5 Å². The fourth-order valence-electron chi connectivity index (χ4n) is 1.20. The minimum atomic E-state index is -4.38. The van der Waals surface area contributed by atoms with E-state index in [1.165, 1.54) is 12.3 Å². The third kappa shape index (κ3) is 6.44. The van der Waals surface area contributed by atoms with Gasteiger partial charge in [-0.1, -0.05) is 12.6 Å². The highest BCUT2D eigenvalue weighted by Gasteiger charge is 2.28. The van der Waals surface area contributed by atoms with Crippen molar-refractivity contribution in [3.8, 4) is 5.88 Å². The standard InChI is InChI=1S/C12H13F3N2O2/c1-2-10(18)16-6-5-9-3-4-11(17-7-9)19-8-12(13,14)15/h2-4,7H,1,5-6,8H2,(H,16,18). The lowest BCUT2D eigenvalue weighted by Gasteiger charge is -2.08. The van der Waals surface area contributed by atoms with Gasteiger partial charge in [-0.2, -0.15) is 13.2 Å². The van der Waals surface area contributed by atoms with Crippen LogP contribution in [-0.4, -0.2) is 30.2 Å². The van der Waals surface area contributed by atoms with Crippen molar-refractivity contribution in [1.82, 2.24) is 10.3 Å². The van der Waals surface area contributed by atoms with E-state index in [2.05, 4.69) is 21.6 Å². The molecule has 1 heterocycles. The Balaban J connectivity index is 2.39. The van der Waals surface area contributed by atoms with Gasteiger partial charge in [-0.3, -0.25) is 4.79 Å². The maximum absolute atomic E-state index is 11.9. The van der Waals surface area contributed by atoms with Gasteiger partial charge >= 0.3 is 6.18 Å². The first-order valence-corrected chi connectivity index (χ1v) is 5.45. The van der Waals surface area contributed by atoms with E-state index in [4.69, 9.17) is 0 Å². The van der Waals surface area contributed by atoms with Gasteiger partial charge in [0, 0.05) is 18.8 Å². The van der Waals surface area contributed by atoms with Gasteiger partial charge in [0.1, 0.15) is 0 Å². The third-order valence-electron chi connectivity index (χ3n) is 2.08. The second-order valence-electron chi connectivity index (χ2n) is 3.65. The van der Waals surface area contributed by atoms with Crippen molar-refractivity contribution in [2.24, 2.45) is 0 Å². The second kappa shape index (κ2) is 6.77. The molecule has 1 amide bonds. The smallest absolute Gasteiger partial charge is 0.422 e. The van der Waals surface area contributed by atoms with Crippen LogP contribution in [0.15, 0.2) is 31.0 Å². The van der Waals surface area contributed by atoms with Crippen molar-refractivity contribution in [1.29, 1.82) is 0 Å². The average molecular weight is 274 g/mol. The average Bonchev–Trinajstić information content (AvgIpc) is 2.36. The number of alkyl halides is 3. The number of amides is 1. The molecule has 0 radical (unpaired) electrons. The maximum atomic E-state index is 11.9. The van der Waals surface area contributed by atoms with Gasteiger partial charge in [0.25, 0.3) is 0 Å². The first-order chi connectivity index (χ1) is 8.90. The lowest BCUT2D eigenvalue weighted by Crippen LogP contribution is -2.23. The molecule has 0 aliphatic rings. The zero-order chi connectivity index (χ0) is 14.3. The van der Waals surface area contributed by atoms with Crippen LogP contribution in [0.1, 0.15) is 5.56 Å². The van der Waals surface area contributed by atoms with Crippen LogP contribution < -0.4 is 10.1 Å². The second-order valence-corrected chi connectivity index (χ2v) is 3.65. The molecular formula is C12H13F3N2O2. The Kier molecular flexibility index (Phi) is 5.35. The van der Waals surface area contributed by atoms with E-state index in [0.717, 1.165) is 11.6 Å². The van der Waals surface area contributed by atoms with Crippen LogP contribution in [0, 0.1) is 0 Å². The van der Waals surface area contributed by atoms with Crippen LogP contribution in [0.25, 0.3) is 0 Å². The molecule has 4 nitrogen and oxygen atoms in total. The van der Waals surface area contributed by atoms with Crippen LogP contribution in [-0.2, 0) is 11.2 Å². The molecular weight excluding hydrogens is 261 g/mol. The number of rotatable bonds is 6. The fourth-order valence-corrected chi connectivity index (χ4v) is 1.20. The summed E-state index contributed by atoms with van der Waals surface area (Å²) in [5.41, 5.74) is 0.781. The Morgan fingerprint density at radius 1 is 1.47 bits per heavy atom. The lowest BCUT2D eigenvalue weighted by molar-refractivity contribution is -0.154. The van der Waals surface area contributed by atoms with Gasteiger partial charge in [0.05, 0.1) is 0 Å². The van der Waals surface area contributed by atoms with Gasteiger partial charge in [-0.05, 0) is 18.1 Å². The Labute approximate surface area is 108 Å². The normalized spacial score (nSPS) is 10.9. The van der Waals surface area contributed by atoms with Crippen molar-refractivity contribution in [3.63, 3.8) is 0 Å². The molecule has 0 spiro atoms. The Morgan fingerprint density at radius 3 is 2.74 bits per heavy atom. The van der Waals surface area contributed by atoms with E-state index < -0.39 is 12.8 Å². The largest absolute Gasteiger partial charge is 0.468 e. The van der Waals surface area contributed by atoms with Crippen molar-refractivity contribution < 1.29 is 22.7 Å². The van der Waals surface area contributed by atoms with Crippen molar-refractivity contribution >= 4 is 5.91 Å². The number of pyridine rings is 1. The first-order valence-electron chi connectivity index (χ1n) is 5.45. The molecule has 1 rings (SSSR count). The highest BCUT2D eigenvalue weighted by Crippen LogP contribution is 2.16. The summed E-state index contributed by atoms with van der Waals surface area (Å²) < 4.78 is 40.2. The van der Waals surface area contributed by atoms with Crippen molar-refractivity contribution in [2.75, 3.05) is 13.2 Å². The number of aromatic nitrogens is 1. The molecule has 1 aromatic heterocycles. The quantitative estimate of drug-likeness (QED) is 0.806. The predicted molar refractivity (Wildman–Crippen MR) is 62.7 cm³/mol. The van der Waals surface area contributed by atoms with E-state index in [0.29, 0.717) is 13.0 Å². The van der Waals surface area contributed by atoms with Crippen LogP contribution >= 0.6 is 0 Å². The predicted octanol–water partition coefficient (Wildman–Crippen LogP) is 1.87. The summed E-state index contributed by atoms with van der Waals surface area (Å²) in [5, 5.41) is 2.58. The summed E-state index contributed by atoms with van der Waals surface area (Å²) in [4.78, 5) is 14.6. The maximum Gasteiger partial charge on any atom is 0.422 e. The van der Waals surface area contributed by atoms with Crippen LogP contribution in [0.2, 0.25) is 0 Å². The van der Waals surface area contributed by atoms with Crippen LogP contribution in [0.5, 0.6) is 5.88 Å². The van der Waals surface area contributed by atoms with E-state index in [9.17, 15) is 18.0 Å². The summed E-state index contributed by atoms with van der Waals surface area (Å²) >= 11 is 0. The Hall–Kier alpha value is -2.05. The SMILES string of the molecule is C=CC(=O)NCCc1ccc(OCC(F)(F)F)nc1. The van der Waals surface area contributed by atoms with E-state index in [-0.39, 0.29) is 11.8 Å².